The molecule has 2 amide bonds. The van der Waals surface area contributed by atoms with Crippen LogP contribution in [-0.2, 0) is 19.1 Å². The van der Waals surface area contributed by atoms with Gasteiger partial charge in [0.15, 0.2) is 0 Å². The number of hydrogen-bond acceptors (Lipinski definition) is 4. The number of anilines is 1. The van der Waals surface area contributed by atoms with Crippen molar-refractivity contribution in [3.63, 3.8) is 0 Å². The number of benzene rings is 2. The van der Waals surface area contributed by atoms with Crippen molar-refractivity contribution in [3.05, 3.63) is 65.6 Å². The van der Waals surface area contributed by atoms with Crippen LogP contribution in [0.2, 0.25) is 0 Å². The third-order valence-electron chi connectivity index (χ3n) is 6.27. The molecule has 3 rings (SSSR count). The van der Waals surface area contributed by atoms with E-state index in [-0.39, 0.29) is 12.2 Å². The lowest BCUT2D eigenvalue weighted by atomic mass is 9.97. The van der Waals surface area contributed by atoms with Crippen LogP contribution in [0.5, 0.6) is 0 Å². The van der Waals surface area contributed by atoms with Gasteiger partial charge in [-0.25, -0.2) is 14.8 Å². The summed E-state index contributed by atoms with van der Waals surface area (Å²) < 4.78 is 38.3. The highest BCUT2D eigenvalue weighted by molar-refractivity contribution is 5.89. The van der Waals surface area contributed by atoms with Crippen molar-refractivity contribution < 1.29 is 18.0 Å². The number of carbonyl (C=O) groups excluding carboxylic acids is 1. The van der Waals surface area contributed by atoms with Crippen LogP contribution in [0.4, 0.5) is 23.7 Å². The average molecular weight is 516 g/mol. The Morgan fingerprint density at radius 2 is 1.76 bits per heavy atom. The predicted octanol–water partition coefficient (Wildman–Crippen LogP) is 6.66. The Balaban J connectivity index is 1.63. The van der Waals surface area contributed by atoms with E-state index in [4.69, 9.17) is 4.98 Å². The van der Waals surface area contributed by atoms with Crippen molar-refractivity contribution in [2.75, 3.05) is 25.5 Å². The van der Waals surface area contributed by atoms with Crippen LogP contribution in [0.25, 0.3) is 10.9 Å². The van der Waals surface area contributed by atoms with Crippen LogP contribution in [0.3, 0.4) is 0 Å². The third kappa shape index (κ3) is 8.70. The second-order valence-corrected chi connectivity index (χ2v) is 9.50. The molecule has 1 unspecified atom stereocenters. The molecule has 0 aliphatic carbocycles. The van der Waals surface area contributed by atoms with Gasteiger partial charge in [0.2, 0.25) is 0 Å². The lowest BCUT2D eigenvalue weighted by Crippen LogP contribution is -2.31. The first-order chi connectivity index (χ1) is 17.7. The van der Waals surface area contributed by atoms with Crippen molar-refractivity contribution in [1.29, 1.82) is 0 Å². The zero-order chi connectivity index (χ0) is 26.8. The maximum Gasteiger partial charge on any atom is 0.416 e. The molecule has 3 aromatic rings. The number of rotatable bonds is 12. The Kier molecular flexibility index (Phi) is 10.3. The number of nitrogens with one attached hydrogen (secondary N) is 2. The lowest BCUT2D eigenvalue weighted by molar-refractivity contribution is -0.137. The molecular weight excluding hydrogens is 479 g/mol. The van der Waals surface area contributed by atoms with Crippen molar-refractivity contribution in [2.45, 2.75) is 58.7 Å². The zero-order valence-corrected chi connectivity index (χ0v) is 21.7. The topological polar surface area (TPSA) is 70.2 Å². The molecule has 0 fully saturated rings. The van der Waals surface area contributed by atoms with E-state index in [1.165, 1.54) is 17.0 Å². The normalized spacial score (nSPS) is 12.5. The fraction of sp³-hybridized carbons (Fsp3) is 0.464. The van der Waals surface area contributed by atoms with Crippen LogP contribution in [0.15, 0.2) is 48.5 Å². The Hall–Kier alpha value is -3.20. The minimum absolute atomic E-state index is 0.170. The average Bonchev–Trinajstić information content (AvgIpc) is 2.87. The number of fused-ring (bicyclic) bond motifs is 1. The van der Waals surface area contributed by atoms with Crippen LogP contribution in [-0.4, -0.2) is 41.0 Å². The van der Waals surface area contributed by atoms with Gasteiger partial charge in [0.25, 0.3) is 0 Å². The molecule has 0 spiro atoms. The number of carbonyl (C=O) groups is 1. The molecule has 37 heavy (non-hydrogen) atoms. The number of aryl methyl sites for hydroxylation is 1. The summed E-state index contributed by atoms with van der Waals surface area (Å²) in [7, 11) is 1.60. The summed E-state index contributed by atoms with van der Waals surface area (Å²) in [4.78, 5) is 23.5. The molecule has 0 saturated heterocycles. The van der Waals surface area contributed by atoms with E-state index in [1.807, 2.05) is 24.3 Å². The minimum atomic E-state index is -4.42. The van der Waals surface area contributed by atoms with E-state index >= 15 is 0 Å². The maximum atomic E-state index is 12.8. The summed E-state index contributed by atoms with van der Waals surface area (Å²) in [6.07, 6.45) is 0.855. The highest BCUT2D eigenvalue weighted by Crippen LogP contribution is 2.30. The predicted molar refractivity (Wildman–Crippen MR) is 141 cm³/mol. The first-order valence-corrected chi connectivity index (χ1v) is 12.8. The van der Waals surface area contributed by atoms with Gasteiger partial charge in [-0.3, -0.25) is 0 Å². The summed E-state index contributed by atoms with van der Waals surface area (Å²) in [5.41, 5.74) is 1.31. The van der Waals surface area contributed by atoms with Gasteiger partial charge in [0.05, 0.1) is 23.3 Å². The summed E-state index contributed by atoms with van der Waals surface area (Å²) in [5, 5.41) is 7.08. The van der Waals surface area contributed by atoms with Gasteiger partial charge in [0, 0.05) is 18.1 Å². The molecule has 0 aliphatic heterocycles. The number of amides is 2. The van der Waals surface area contributed by atoms with E-state index in [0.29, 0.717) is 11.7 Å². The van der Waals surface area contributed by atoms with E-state index in [0.717, 1.165) is 73.9 Å². The molecule has 1 heterocycles. The summed E-state index contributed by atoms with van der Waals surface area (Å²) >= 11 is 0. The highest BCUT2D eigenvalue weighted by atomic mass is 19.4. The molecule has 0 bridgehead atoms. The van der Waals surface area contributed by atoms with Crippen molar-refractivity contribution >= 4 is 22.6 Å². The third-order valence-corrected chi connectivity index (χ3v) is 6.27. The number of aromatic nitrogens is 2. The van der Waals surface area contributed by atoms with Crippen molar-refractivity contribution in [2.24, 2.45) is 5.92 Å². The Bertz CT molecular complexity index is 1150. The first-order valence-electron chi connectivity index (χ1n) is 12.8. The maximum absolute atomic E-state index is 12.8. The smallest absolute Gasteiger partial charge is 0.320 e. The number of urea groups is 1. The molecule has 1 aromatic heterocycles. The summed E-state index contributed by atoms with van der Waals surface area (Å²) in [5.74, 6) is 1.09. The van der Waals surface area contributed by atoms with E-state index in [9.17, 15) is 18.0 Å². The van der Waals surface area contributed by atoms with Gasteiger partial charge < -0.3 is 15.5 Å². The van der Waals surface area contributed by atoms with Crippen LogP contribution < -0.4 is 10.6 Å². The van der Waals surface area contributed by atoms with E-state index in [1.54, 1.807) is 7.05 Å². The van der Waals surface area contributed by atoms with Gasteiger partial charge in [-0.1, -0.05) is 32.0 Å². The standard InChI is InChI=1S/C28H36F3N5O/c1-4-17-32-18-7-8-20(2)11-16-25-23-9-5-6-10-24(23)34-26(35-25)19-36(3)27(37)33-22-14-12-21(13-15-22)28(29,30)31/h5-6,9-10,12-15,20,32H,4,7-8,11,16-19H2,1-3H3,(H,33,37). The largest absolute Gasteiger partial charge is 0.416 e. The van der Waals surface area contributed by atoms with E-state index < -0.39 is 17.8 Å². The number of alkyl halides is 3. The lowest BCUT2D eigenvalue weighted by Gasteiger charge is -2.19. The fourth-order valence-electron chi connectivity index (χ4n) is 4.11. The van der Waals surface area contributed by atoms with Crippen LogP contribution in [0, 0.1) is 5.92 Å². The Labute approximate surface area is 216 Å². The number of hydrogen-bond donors (Lipinski definition) is 2. The molecule has 1 atom stereocenters. The van der Waals surface area contributed by atoms with Crippen molar-refractivity contribution in [3.8, 4) is 0 Å². The van der Waals surface area contributed by atoms with Gasteiger partial charge in [-0.15, -0.1) is 0 Å². The summed E-state index contributed by atoms with van der Waals surface area (Å²) in [6.45, 7) is 6.70. The van der Waals surface area contributed by atoms with Crippen molar-refractivity contribution in [1.82, 2.24) is 20.2 Å². The summed E-state index contributed by atoms with van der Waals surface area (Å²) in [6, 6.07) is 11.8. The quantitative estimate of drug-likeness (QED) is 0.265. The van der Waals surface area contributed by atoms with Gasteiger partial charge in [-0.05, 0) is 81.4 Å². The molecule has 0 radical (unpaired) electrons. The SMILES string of the molecule is CCCNCCCC(C)CCc1nc(CN(C)C(=O)Nc2ccc(C(F)(F)F)cc2)nc2ccccc12. The molecule has 0 saturated carbocycles. The van der Waals surface area contributed by atoms with E-state index in [2.05, 4.69) is 29.5 Å². The molecule has 200 valence electrons. The van der Waals surface area contributed by atoms with Crippen LogP contribution in [0.1, 0.15) is 56.6 Å². The first kappa shape index (κ1) is 28.4. The Morgan fingerprint density at radius 3 is 2.46 bits per heavy atom. The number of para-hydroxylation sites is 1. The number of nitrogens with zero attached hydrogens (tertiary/aromatic N) is 3. The monoisotopic (exact) mass is 515 g/mol. The fourth-order valence-corrected chi connectivity index (χ4v) is 4.11. The Morgan fingerprint density at radius 1 is 1.03 bits per heavy atom. The molecular formula is C28H36F3N5O. The second kappa shape index (κ2) is 13.4. The molecule has 9 heteroatoms. The molecule has 2 aromatic carbocycles. The van der Waals surface area contributed by atoms with Gasteiger partial charge in [0.1, 0.15) is 5.82 Å². The zero-order valence-electron chi connectivity index (χ0n) is 21.7. The number of halogens is 3. The second-order valence-electron chi connectivity index (χ2n) is 9.50. The minimum Gasteiger partial charge on any atom is -0.320 e. The molecule has 6 nitrogen and oxygen atoms in total. The highest BCUT2D eigenvalue weighted by Gasteiger charge is 2.30. The van der Waals surface area contributed by atoms with Crippen LogP contribution >= 0.6 is 0 Å². The van der Waals surface area contributed by atoms with Gasteiger partial charge in [-0.2, -0.15) is 13.2 Å². The van der Waals surface area contributed by atoms with Gasteiger partial charge >= 0.3 is 12.2 Å². The molecule has 2 N–H and O–H groups in total. The molecule has 0 aliphatic rings.